The summed E-state index contributed by atoms with van der Waals surface area (Å²) in [4.78, 5) is 16.9. The summed E-state index contributed by atoms with van der Waals surface area (Å²) >= 11 is 0. The number of nitrogens with zero attached hydrogens (tertiary/aromatic N) is 2. The summed E-state index contributed by atoms with van der Waals surface area (Å²) in [5, 5.41) is 3.40. The number of hydrogen-bond donors (Lipinski definition) is 1. The molecule has 1 saturated heterocycles. The lowest BCUT2D eigenvalue weighted by atomic mass is 10.1. The Kier molecular flexibility index (Phi) is 7.26. The fraction of sp³-hybridized carbons (Fsp3) is 0.375. The molecular weight excluding hydrogens is 346 g/mol. The van der Waals surface area contributed by atoms with Crippen LogP contribution in [0.2, 0.25) is 0 Å². The van der Waals surface area contributed by atoms with Gasteiger partial charge in [0.25, 0.3) is 0 Å². The second kappa shape index (κ2) is 10.1. The molecule has 0 bridgehead atoms. The minimum absolute atomic E-state index is 0.247. The van der Waals surface area contributed by atoms with E-state index in [2.05, 4.69) is 78.7 Å². The molecular formula is C24H31N3O. The average molecular weight is 378 g/mol. The molecule has 2 aromatic rings. The molecule has 1 N–H and O–H groups in total. The van der Waals surface area contributed by atoms with Crippen LogP contribution in [0.4, 0.5) is 5.69 Å². The largest absolute Gasteiger partial charge is 0.384 e. The van der Waals surface area contributed by atoms with Crippen molar-refractivity contribution in [2.75, 3.05) is 44.6 Å². The van der Waals surface area contributed by atoms with E-state index in [4.69, 9.17) is 0 Å². The maximum absolute atomic E-state index is 12.5. The summed E-state index contributed by atoms with van der Waals surface area (Å²) in [5.41, 5.74) is 4.83. The highest BCUT2D eigenvalue weighted by Crippen LogP contribution is 2.16. The fourth-order valence-electron chi connectivity index (χ4n) is 3.56. The Morgan fingerprint density at radius 2 is 1.79 bits per heavy atom. The maximum atomic E-state index is 12.5. The van der Waals surface area contributed by atoms with Crippen molar-refractivity contribution in [3.8, 4) is 0 Å². The van der Waals surface area contributed by atoms with Crippen molar-refractivity contribution in [3.05, 3.63) is 71.3 Å². The van der Waals surface area contributed by atoms with Crippen LogP contribution in [-0.2, 0) is 4.79 Å². The van der Waals surface area contributed by atoms with Crippen LogP contribution in [0.3, 0.4) is 0 Å². The molecule has 1 fully saturated rings. The first kappa shape index (κ1) is 20.2. The van der Waals surface area contributed by atoms with Crippen LogP contribution < -0.4 is 5.32 Å². The number of rotatable bonds is 7. The molecule has 148 valence electrons. The van der Waals surface area contributed by atoms with E-state index in [-0.39, 0.29) is 5.91 Å². The Morgan fingerprint density at radius 3 is 2.50 bits per heavy atom. The molecule has 0 aliphatic carbocycles. The highest BCUT2D eigenvalue weighted by Gasteiger charge is 2.19. The molecule has 4 nitrogen and oxygen atoms in total. The minimum Gasteiger partial charge on any atom is -0.384 e. The number of nitrogens with one attached hydrogen (secondary N) is 1. The predicted molar refractivity (Wildman–Crippen MR) is 118 cm³/mol. The van der Waals surface area contributed by atoms with Gasteiger partial charge in [0.1, 0.15) is 0 Å². The minimum atomic E-state index is 0.247. The zero-order valence-corrected chi connectivity index (χ0v) is 17.0. The smallest absolute Gasteiger partial charge is 0.224 e. The third-order valence-electron chi connectivity index (χ3n) is 5.23. The molecule has 0 atom stereocenters. The number of piperazine rings is 1. The lowest BCUT2D eigenvalue weighted by Crippen LogP contribution is -2.48. The normalized spacial score (nSPS) is 15.1. The van der Waals surface area contributed by atoms with Crippen molar-refractivity contribution in [2.45, 2.75) is 20.3 Å². The van der Waals surface area contributed by atoms with Crippen LogP contribution >= 0.6 is 0 Å². The van der Waals surface area contributed by atoms with Crippen LogP contribution in [0.5, 0.6) is 0 Å². The summed E-state index contributed by atoms with van der Waals surface area (Å²) in [6.07, 6.45) is 4.91. The van der Waals surface area contributed by atoms with Crippen molar-refractivity contribution < 1.29 is 4.79 Å². The standard InChI is InChI=1S/C24H31N3O/c1-20-10-11-23(21(2)19-20)25-13-12-24(28)27-17-15-26(16-18-27)14-6-9-22-7-4-3-5-8-22/h3-11,19,25H,12-18H2,1-2H3/b9-6+. The number of amides is 1. The van der Waals surface area contributed by atoms with Crippen LogP contribution in [-0.4, -0.2) is 55.0 Å². The Hall–Kier alpha value is -2.59. The molecule has 28 heavy (non-hydrogen) atoms. The molecule has 1 aliphatic rings. The van der Waals surface area contributed by atoms with Crippen LogP contribution in [0.1, 0.15) is 23.1 Å². The van der Waals surface area contributed by atoms with E-state index in [1.807, 2.05) is 11.0 Å². The Labute approximate surface area is 168 Å². The average Bonchev–Trinajstić information content (AvgIpc) is 2.71. The summed E-state index contributed by atoms with van der Waals surface area (Å²) in [6.45, 7) is 9.34. The van der Waals surface area contributed by atoms with Gasteiger partial charge in [0.15, 0.2) is 0 Å². The highest BCUT2D eigenvalue weighted by atomic mass is 16.2. The summed E-state index contributed by atoms with van der Waals surface area (Å²) < 4.78 is 0. The number of benzene rings is 2. The van der Waals surface area contributed by atoms with Gasteiger partial charge in [-0.05, 0) is 31.0 Å². The third-order valence-corrected chi connectivity index (χ3v) is 5.23. The molecule has 3 rings (SSSR count). The Bertz CT molecular complexity index is 793. The molecule has 0 radical (unpaired) electrons. The van der Waals surface area contributed by atoms with Gasteiger partial charge < -0.3 is 10.2 Å². The van der Waals surface area contributed by atoms with Crippen LogP contribution in [0, 0.1) is 13.8 Å². The third kappa shape index (κ3) is 5.96. The number of hydrogen-bond acceptors (Lipinski definition) is 3. The summed E-state index contributed by atoms with van der Waals surface area (Å²) in [6, 6.07) is 16.7. The molecule has 1 amide bonds. The van der Waals surface area contributed by atoms with Crippen molar-refractivity contribution >= 4 is 17.7 Å². The first-order valence-corrected chi connectivity index (χ1v) is 10.1. The van der Waals surface area contributed by atoms with Gasteiger partial charge in [0.2, 0.25) is 5.91 Å². The molecule has 2 aromatic carbocycles. The first-order chi connectivity index (χ1) is 13.6. The van der Waals surface area contributed by atoms with Gasteiger partial charge in [-0.1, -0.05) is 60.2 Å². The van der Waals surface area contributed by atoms with Gasteiger partial charge in [0.05, 0.1) is 0 Å². The lowest BCUT2D eigenvalue weighted by molar-refractivity contribution is -0.132. The lowest BCUT2D eigenvalue weighted by Gasteiger charge is -2.34. The summed E-state index contributed by atoms with van der Waals surface area (Å²) in [5.74, 6) is 0.247. The number of carbonyl (C=O) groups is 1. The van der Waals surface area contributed by atoms with E-state index in [1.165, 1.54) is 16.7 Å². The van der Waals surface area contributed by atoms with Gasteiger partial charge in [-0.25, -0.2) is 0 Å². The zero-order chi connectivity index (χ0) is 19.8. The highest BCUT2D eigenvalue weighted by molar-refractivity contribution is 5.77. The Morgan fingerprint density at radius 1 is 1.04 bits per heavy atom. The fourth-order valence-corrected chi connectivity index (χ4v) is 3.56. The SMILES string of the molecule is Cc1ccc(NCCC(=O)N2CCN(C/C=C/c3ccccc3)CC2)c(C)c1. The zero-order valence-electron chi connectivity index (χ0n) is 17.0. The van der Waals surface area contributed by atoms with Gasteiger partial charge in [0, 0.05) is 51.4 Å². The first-order valence-electron chi connectivity index (χ1n) is 10.1. The van der Waals surface area contributed by atoms with Crippen molar-refractivity contribution in [2.24, 2.45) is 0 Å². The number of carbonyl (C=O) groups excluding carboxylic acids is 1. The van der Waals surface area contributed by atoms with Crippen molar-refractivity contribution in [1.82, 2.24) is 9.80 Å². The molecule has 4 heteroatoms. The van der Waals surface area contributed by atoms with E-state index in [0.717, 1.165) is 38.4 Å². The molecule has 1 aliphatic heterocycles. The quantitative estimate of drug-likeness (QED) is 0.793. The van der Waals surface area contributed by atoms with Crippen LogP contribution in [0.15, 0.2) is 54.6 Å². The molecule has 0 spiro atoms. The van der Waals surface area contributed by atoms with Crippen LogP contribution in [0.25, 0.3) is 6.08 Å². The van der Waals surface area contributed by atoms with E-state index < -0.39 is 0 Å². The Balaban J connectivity index is 1.36. The topological polar surface area (TPSA) is 35.6 Å². The summed E-state index contributed by atoms with van der Waals surface area (Å²) in [7, 11) is 0. The van der Waals surface area contributed by atoms with Gasteiger partial charge in [-0.15, -0.1) is 0 Å². The second-order valence-electron chi connectivity index (χ2n) is 7.49. The molecule has 0 aromatic heterocycles. The van der Waals surface area contributed by atoms with E-state index >= 15 is 0 Å². The van der Waals surface area contributed by atoms with Crippen molar-refractivity contribution in [1.29, 1.82) is 0 Å². The van der Waals surface area contributed by atoms with Gasteiger partial charge in [-0.3, -0.25) is 9.69 Å². The van der Waals surface area contributed by atoms with Gasteiger partial charge >= 0.3 is 0 Å². The molecule has 0 unspecified atom stereocenters. The van der Waals surface area contributed by atoms with Gasteiger partial charge in [-0.2, -0.15) is 0 Å². The monoisotopic (exact) mass is 377 g/mol. The van der Waals surface area contributed by atoms with E-state index in [9.17, 15) is 4.79 Å². The van der Waals surface area contributed by atoms with E-state index in [0.29, 0.717) is 13.0 Å². The second-order valence-corrected chi connectivity index (χ2v) is 7.49. The molecule has 1 heterocycles. The maximum Gasteiger partial charge on any atom is 0.224 e. The number of aryl methyl sites for hydroxylation is 2. The molecule has 0 saturated carbocycles. The van der Waals surface area contributed by atoms with Crippen molar-refractivity contribution in [3.63, 3.8) is 0 Å². The number of anilines is 1. The predicted octanol–water partition coefficient (Wildman–Crippen LogP) is 3.96. The van der Waals surface area contributed by atoms with E-state index in [1.54, 1.807) is 0 Å².